The number of nitrogens with zero attached hydrogens (tertiary/aromatic N) is 1. The van der Waals surface area contributed by atoms with Crippen LogP contribution >= 0.6 is 11.3 Å². The molecule has 0 aliphatic heterocycles. The topological polar surface area (TPSA) is 45.7 Å². The smallest absolute Gasteiger partial charge is 0.191 e. The molecule has 1 unspecified atom stereocenters. The van der Waals surface area contributed by atoms with Gasteiger partial charge >= 0.3 is 0 Å². The summed E-state index contributed by atoms with van der Waals surface area (Å²) >= 11 is 1.82. The molecule has 0 aliphatic rings. The van der Waals surface area contributed by atoms with Crippen molar-refractivity contribution in [1.82, 2.24) is 10.6 Å². The Balaban J connectivity index is 2.21. The standard InChI is InChI=1S/C13H23N3OS/c1-11(9-12-5-4-8-18-12)10-16-13(14-2)15-6-7-17-3/h4-5,8,11H,6-7,9-10H2,1-3H3,(H2,14,15,16). The van der Waals surface area contributed by atoms with Gasteiger partial charge in [-0.2, -0.15) is 0 Å². The van der Waals surface area contributed by atoms with Crippen LogP contribution in [-0.2, 0) is 11.2 Å². The summed E-state index contributed by atoms with van der Waals surface area (Å²) in [6, 6.07) is 4.29. The Morgan fingerprint density at radius 1 is 1.50 bits per heavy atom. The molecule has 5 heteroatoms. The van der Waals surface area contributed by atoms with Crippen LogP contribution in [0, 0.1) is 5.92 Å². The summed E-state index contributed by atoms with van der Waals surface area (Å²) in [5.41, 5.74) is 0. The fraction of sp³-hybridized carbons (Fsp3) is 0.615. The summed E-state index contributed by atoms with van der Waals surface area (Å²) in [5, 5.41) is 8.66. The van der Waals surface area contributed by atoms with Crippen molar-refractivity contribution in [2.45, 2.75) is 13.3 Å². The van der Waals surface area contributed by atoms with E-state index in [9.17, 15) is 0 Å². The molecule has 0 amide bonds. The molecule has 0 spiro atoms. The third-order valence-electron chi connectivity index (χ3n) is 2.57. The van der Waals surface area contributed by atoms with Crippen LogP contribution in [0.1, 0.15) is 11.8 Å². The minimum Gasteiger partial charge on any atom is -0.383 e. The van der Waals surface area contributed by atoms with Crippen LogP contribution in [0.5, 0.6) is 0 Å². The van der Waals surface area contributed by atoms with Crippen LogP contribution in [0.4, 0.5) is 0 Å². The van der Waals surface area contributed by atoms with E-state index in [2.05, 4.69) is 40.1 Å². The first-order chi connectivity index (χ1) is 8.76. The Hall–Kier alpha value is -1.07. The number of thiophene rings is 1. The van der Waals surface area contributed by atoms with Gasteiger partial charge in [-0.1, -0.05) is 13.0 Å². The molecule has 2 N–H and O–H groups in total. The zero-order valence-electron chi connectivity index (χ0n) is 11.4. The van der Waals surface area contributed by atoms with Gasteiger partial charge in [0.15, 0.2) is 5.96 Å². The van der Waals surface area contributed by atoms with E-state index in [0.29, 0.717) is 12.5 Å². The van der Waals surface area contributed by atoms with Gasteiger partial charge < -0.3 is 15.4 Å². The molecule has 1 atom stereocenters. The first-order valence-corrected chi connectivity index (χ1v) is 7.10. The van der Waals surface area contributed by atoms with Crippen LogP contribution in [0.15, 0.2) is 22.5 Å². The van der Waals surface area contributed by atoms with E-state index in [0.717, 1.165) is 25.5 Å². The highest BCUT2D eigenvalue weighted by molar-refractivity contribution is 7.09. The second kappa shape index (κ2) is 8.94. The molecule has 0 radical (unpaired) electrons. The molecule has 0 saturated heterocycles. The minimum atomic E-state index is 0.588. The number of hydrogen-bond acceptors (Lipinski definition) is 3. The highest BCUT2D eigenvalue weighted by Gasteiger charge is 2.05. The molecule has 18 heavy (non-hydrogen) atoms. The number of rotatable bonds is 7. The van der Waals surface area contributed by atoms with Crippen LogP contribution in [0.2, 0.25) is 0 Å². The van der Waals surface area contributed by atoms with E-state index < -0.39 is 0 Å². The average Bonchev–Trinajstić information content (AvgIpc) is 2.86. The number of guanidine groups is 1. The van der Waals surface area contributed by atoms with E-state index >= 15 is 0 Å². The van der Waals surface area contributed by atoms with Gasteiger partial charge in [-0.15, -0.1) is 11.3 Å². The third kappa shape index (κ3) is 6.02. The molecule has 1 rings (SSSR count). The van der Waals surface area contributed by atoms with Crippen molar-refractivity contribution in [3.63, 3.8) is 0 Å². The first-order valence-electron chi connectivity index (χ1n) is 6.22. The average molecular weight is 269 g/mol. The Bertz CT molecular complexity index is 338. The number of aliphatic imine (C=N–C) groups is 1. The molecule has 1 aromatic rings. The molecular weight excluding hydrogens is 246 g/mol. The van der Waals surface area contributed by atoms with Crippen LogP contribution < -0.4 is 10.6 Å². The maximum absolute atomic E-state index is 4.99. The van der Waals surface area contributed by atoms with Gasteiger partial charge in [0, 0.05) is 32.1 Å². The van der Waals surface area contributed by atoms with E-state index in [4.69, 9.17) is 4.74 Å². The molecular formula is C13H23N3OS. The van der Waals surface area contributed by atoms with Gasteiger partial charge in [-0.3, -0.25) is 4.99 Å². The van der Waals surface area contributed by atoms with Crippen LogP contribution in [0.25, 0.3) is 0 Å². The largest absolute Gasteiger partial charge is 0.383 e. The zero-order chi connectivity index (χ0) is 13.2. The van der Waals surface area contributed by atoms with E-state index in [-0.39, 0.29) is 0 Å². The summed E-state index contributed by atoms with van der Waals surface area (Å²) in [6.07, 6.45) is 1.11. The summed E-state index contributed by atoms with van der Waals surface area (Å²) in [4.78, 5) is 5.61. The van der Waals surface area contributed by atoms with Crippen molar-refractivity contribution in [2.75, 3.05) is 33.9 Å². The van der Waals surface area contributed by atoms with E-state index in [1.165, 1.54) is 4.88 Å². The van der Waals surface area contributed by atoms with Gasteiger partial charge in [0.25, 0.3) is 0 Å². The van der Waals surface area contributed by atoms with E-state index in [1.54, 1.807) is 14.2 Å². The minimum absolute atomic E-state index is 0.588. The van der Waals surface area contributed by atoms with Crippen molar-refractivity contribution in [1.29, 1.82) is 0 Å². The van der Waals surface area contributed by atoms with Crippen molar-refractivity contribution >= 4 is 17.3 Å². The van der Waals surface area contributed by atoms with Crippen LogP contribution in [0.3, 0.4) is 0 Å². The number of ether oxygens (including phenoxy) is 1. The maximum atomic E-state index is 4.99. The number of nitrogens with one attached hydrogen (secondary N) is 2. The molecule has 1 aromatic heterocycles. The zero-order valence-corrected chi connectivity index (χ0v) is 12.2. The Morgan fingerprint density at radius 3 is 2.94 bits per heavy atom. The van der Waals surface area contributed by atoms with Gasteiger partial charge in [-0.25, -0.2) is 0 Å². The molecule has 0 fully saturated rings. The molecule has 102 valence electrons. The molecule has 4 nitrogen and oxygen atoms in total. The van der Waals surface area contributed by atoms with Crippen LogP contribution in [-0.4, -0.2) is 39.8 Å². The lowest BCUT2D eigenvalue weighted by Crippen LogP contribution is -2.40. The van der Waals surface area contributed by atoms with Gasteiger partial charge in [0.05, 0.1) is 6.61 Å². The van der Waals surface area contributed by atoms with Gasteiger partial charge in [-0.05, 0) is 23.8 Å². The third-order valence-corrected chi connectivity index (χ3v) is 3.47. The Labute approximate surface area is 113 Å². The SMILES string of the molecule is CN=C(NCCOC)NCC(C)Cc1cccs1. The molecule has 0 bridgehead atoms. The lowest BCUT2D eigenvalue weighted by atomic mass is 10.1. The first kappa shape index (κ1) is 15.0. The monoisotopic (exact) mass is 269 g/mol. The van der Waals surface area contributed by atoms with Crippen molar-refractivity contribution in [3.8, 4) is 0 Å². The predicted octanol–water partition coefficient (Wildman–Crippen LogP) is 1.74. The lowest BCUT2D eigenvalue weighted by Gasteiger charge is -2.15. The fourth-order valence-corrected chi connectivity index (χ4v) is 2.48. The lowest BCUT2D eigenvalue weighted by molar-refractivity contribution is 0.203. The van der Waals surface area contributed by atoms with Crippen molar-refractivity contribution in [2.24, 2.45) is 10.9 Å². The fourth-order valence-electron chi connectivity index (χ4n) is 1.61. The Morgan fingerprint density at radius 2 is 2.33 bits per heavy atom. The molecule has 1 heterocycles. The molecule has 0 aliphatic carbocycles. The Kier molecular flexibility index (Phi) is 7.44. The summed E-state index contributed by atoms with van der Waals surface area (Å²) in [7, 11) is 3.48. The molecule has 0 aromatic carbocycles. The summed E-state index contributed by atoms with van der Waals surface area (Å²) < 4.78 is 4.99. The van der Waals surface area contributed by atoms with Crippen molar-refractivity contribution < 1.29 is 4.74 Å². The quantitative estimate of drug-likeness (QED) is 0.450. The highest BCUT2D eigenvalue weighted by atomic mass is 32.1. The molecule has 0 saturated carbocycles. The summed E-state index contributed by atoms with van der Waals surface area (Å²) in [6.45, 7) is 4.63. The number of methoxy groups -OCH3 is 1. The highest BCUT2D eigenvalue weighted by Crippen LogP contribution is 2.13. The van der Waals surface area contributed by atoms with Crippen molar-refractivity contribution in [3.05, 3.63) is 22.4 Å². The van der Waals surface area contributed by atoms with Gasteiger partial charge in [0.1, 0.15) is 0 Å². The maximum Gasteiger partial charge on any atom is 0.191 e. The predicted molar refractivity (Wildman–Crippen MR) is 78.4 cm³/mol. The number of hydrogen-bond donors (Lipinski definition) is 2. The van der Waals surface area contributed by atoms with Gasteiger partial charge in [0.2, 0.25) is 0 Å². The second-order valence-corrected chi connectivity index (χ2v) is 5.29. The van der Waals surface area contributed by atoms with E-state index in [1.807, 2.05) is 11.3 Å². The second-order valence-electron chi connectivity index (χ2n) is 4.26. The summed E-state index contributed by atoms with van der Waals surface area (Å²) in [5.74, 6) is 1.43. The normalized spacial score (nSPS) is 13.4.